The standard InChI is InChI=1S/C24H29N5O2/c1-4-6-21(25)27-11-9-16(2)20-15-29-23(19-10-12-31-22(19)20)28-14-17-7-5-8-18(13-17)24(30)26-3/h5-9,11,13,15H,4,10,12,14,25H2,1-3H3,(H,26,30)(H,28,29)/b16-9+,21-6+,27-11-. The second-order valence-corrected chi connectivity index (χ2v) is 7.22. The molecule has 0 fully saturated rings. The van der Waals surface area contributed by atoms with E-state index in [0.29, 0.717) is 24.5 Å². The molecule has 7 nitrogen and oxygen atoms in total. The molecule has 3 rings (SSSR count). The van der Waals surface area contributed by atoms with Gasteiger partial charge in [0.1, 0.15) is 17.4 Å². The largest absolute Gasteiger partial charge is 0.492 e. The Balaban J connectivity index is 1.77. The fourth-order valence-corrected chi connectivity index (χ4v) is 3.36. The molecular formula is C24H29N5O2. The fourth-order valence-electron chi connectivity index (χ4n) is 3.36. The molecule has 162 valence electrons. The van der Waals surface area contributed by atoms with E-state index < -0.39 is 0 Å². The zero-order valence-electron chi connectivity index (χ0n) is 18.2. The molecule has 7 heteroatoms. The van der Waals surface area contributed by atoms with Crippen LogP contribution in [-0.2, 0) is 13.0 Å². The van der Waals surface area contributed by atoms with Gasteiger partial charge in [-0.3, -0.25) is 4.79 Å². The molecule has 1 aromatic heterocycles. The maximum absolute atomic E-state index is 11.9. The molecule has 0 aliphatic carbocycles. The molecular weight excluding hydrogens is 390 g/mol. The summed E-state index contributed by atoms with van der Waals surface area (Å²) in [5.74, 6) is 2.07. The van der Waals surface area contributed by atoms with Crippen LogP contribution in [0.25, 0.3) is 5.57 Å². The van der Waals surface area contributed by atoms with Crippen LogP contribution in [0.5, 0.6) is 5.75 Å². The van der Waals surface area contributed by atoms with E-state index in [0.717, 1.165) is 46.7 Å². The second-order valence-electron chi connectivity index (χ2n) is 7.22. The van der Waals surface area contributed by atoms with Crippen LogP contribution in [0.3, 0.4) is 0 Å². The van der Waals surface area contributed by atoms with Crippen LogP contribution in [0.2, 0.25) is 0 Å². The third-order valence-electron chi connectivity index (χ3n) is 4.99. The van der Waals surface area contributed by atoms with E-state index in [4.69, 9.17) is 10.5 Å². The van der Waals surface area contributed by atoms with Gasteiger partial charge < -0.3 is 21.1 Å². The van der Waals surface area contributed by atoms with Crippen molar-refractivity contribution in [1.29, 1.82) is 0 Å². The SMILES string of the molecule is CC/C=C(N)/N=C\C=C(/C)c1cnc(NCc2cccc(C(=O)NC)c2)c2c1OCC2. The third kappa shape index (κ3) is 5.51. The Kier molecular flexibility index (Phi) is 7.43. The molecule has 0 saturated carbocycles. The molecule has 0 saturated heterocycles. The van der Waals surface area contributed by atoms with Gasteiger partial charge in [-0.15, -0.1) is 0 Å². The van der Waals surface area contributed by atoms with E-state index in [1.54, 1.807) is 19.3 Å². The van der Waals surface area contributed by atoms with Crippen LogP contribution >= 0.6 is 0 Å². The van der Waals surface area contributed by atoms with Gasteiger partial charge >= 0.3 is 0 Å². The smallest absolute Gasteiger partial charge is 0.251 e. The number of nitrogens with two attached hydrogens (primary N) is 1. The Labute approximate surface area is 183 Å². The van der Waals surface area contributed by atoms with Gasteiger partial charge in [0.2, 0.25) is 0 Å². The Morgan fingerprint density at radius 2 is 2.23 bits per heavy atom. The minimum Gasteiger partial charge on any atom is -0.492 e. The third-order valence-corrected chi connectivity index (χ3v) is 4.99. The van der Waals surface area contributed by atoms with Gasteiger partial charge in [-0.2, -0.15) is 0 Å². The van der Waals surface area contributed by atoms with Crippen molar-refractivity contribution >= 4 is 23.5 Å². The van der Waals surface area contributed by atoms with E-state index in [2.05, 4.69) is 20.6 Å². The normalized spacial score (nSPS) is 13.8. The van der Waals surface area contributed by atoms with Crippen LogP contribution < -0.4 is 21.1 Å². The molecule has 0 bridgehead atoms. The van der Waals surface area contributed by atoms with E-state index in [1.807, 2.05) is 50.4 Å². The first-order valence-electron chi connectivity index (χ1n) is 10.4. The number of carbonyl (C=O) groups excluding carboxylic acids is 1. The molecule has 0 unspecified atom stereocenters. The molecule has 1 aromatic carbocycles. The molecule has 0 spiro atoms. The maximum Gasteiger partial charge on any atom is 0.251 e. The highest BCUT2D eigenvalue weighted by Crippen LogP contribution is 2.37. The number of amides is 1. The van der Waals surface area contributed by atoms with E-state index in [1.165, 1.54) is 0 Å². The number of ether oxygens (including phenoxy) is 1. The van der Waals surface area contributed by atoms with Crippen molar-refractivity contribution in [2.75, 3.05) is 19.0 Å². The summed E-state index contributed by atoms with van der Waals surface area (Å²) in [5.41, 5.74) is 10.5. The first-order valence-corrected chi connectivity index (χ1v) is 10.4. The maximum atomic E-state index is 11.9. The quantitative estimate of drug-likeness (QED) is 0.567. The summed E-state index contributed by atoms with van der Waals surface area (Å²) < 4.78 is 5.92. The highest BCUT2D eigenvalue weighted by atomic mass is 16.5. The van der Waals surface area contributed by atoms with E-state index >= 15 is 0 Å². The molecule has 2 aromatic rings. The van der Waals surface area contributed by atoms with Gasteiger partial charge in [-0.1, -0.05) is 19.1 Å². The summed E-state index contributed by atoms with van der Waals surface area (Å²) in [6.45, 7) is 5.21. The number of allylic oxidation sites excluding steroid dienone is 3. The summed E-state index contributed by atoms with van der Waals surface area (Å²) in [5, 5.41) is 6.04. The highest BCUT2D eigenvalue weighted by molar-refractivity contribution is 5.94. The van der Waals surface area contributed by atoms with Gasteiger partial charge in [0.25, 0.3) is 5.91 Å². The number of hydrogen-bond acceptors (Lipinski definition) is 6. The lowest BCUT2D eigenvalue weighted by atomic mass is 10.0. The zero-order chi connectivity index (χ0) is 22.2. The number of rotatable bonds is 8. The van der Waals surface area contributed by atoms with Gasteiger partial charge in [0, 0.05) is 49.1 Å². The molecule has 31 heavy (non-hydrogen) atoms. The van der Waals surface area contributed by atoms with Crippen molar-refractivity contribution in [3.8, 4) is 5.75 Å². The van der Waals surface area contributed by atoms with Crippen molar-refractivity contribution in [2.24, 2.45) is 10.7 Å². The lowest BCUT2D eigenvalue weighted by molar-refractivity contribution is 0.0963. The number of carbonyl (C=O) groups is 1. The second kappa shape index (κ2) is 10.4. The predicted molar refractivity (Wildman–Crippen MR) is 125 cm³/mol. The topological polar surface area (TPSA) is 102 Å². The minimum atomic E-state index is -0.101. The number of anilines is 1. The number of fused-ring (bicyclic) bond motifs is 1. The number of benzene rings is 1. The van der Waals surface area contributed by atoms with E-state index in [-0.39, 0.29) is 5.91 Å². The van der Waals surface area contributed by atoms with Gasteiger partial charge in [0.15, 0.2) is 0 Å². The van der Waals surface area contributed by atoms with Gasteiger partial charge in [-0.25, -0.2) is 9.98 Å². The molecule has 0 atom stereocenters. The number of nitrogens with one attached hydrogen (secondary N) is 2. The van der Waals surface area contributed by atoms with Gasteiger partial charge in [-0.05, 0) is 48.8 Å². The average Bonchev–Trinajstić information content (AvgIpc) is 3.27. The number of nitrogens with zero attached hydrogens (tertiary/aromatic N) is 2. The lowest BCUT2D eigenvalue weighted by Crippen LogP contribution is -2.18. The first-order chi connectivity index (χ1) is 15.0. The lowest BCUT2D eigenvalue weighted by Gasteiger charge is -2.13. The molecule has 1 aliphatic rings. The number of aliphatic imine (C=N–C) groups is 1. The van der Waals surface area contributed by atoms with Gasteiger partial charge in [0.05, 0.1) is 6.61 Å². The van der Waals surface area contributed by atoms with Crippen molar-refractivity contribution in [2.45, 2.75) is 33.2 Å². The van der Waals surface area contributed by atoms with Crippen LogP contribution in [0.15, 0.2) is 53.4 Å². The predicted octanol–water partition coefficient (Wildman–Crippen LogP) is 3.67. The van der Waals surface area contributed by atoms with Crippen molar-refractivity contribution < 1.29 is 9.53 Å². The molecule has 2 heterocycles. The van der Waals surface area contributed by atoms with Crippen LogP contribution in [0.4, 0.5) is 5.82 Å². The summed E-state index contributed by atoms with van der Waals surface area (Å²) in [7, 11) is 1.63. The van der Waals surface area contributed by atoms with E-state index in [9.17, 15) is 4.79 Å². The number of aromatic nitrogens is 1. The number of pyridine rings is 1. The molecule has 1 aliphatic heterocycles. The molecule has 1 amide bonds. The Bertz CT molecular complexity index is 1040. The summed E-state index contributed by atoms with van der Waals surface area (Å²) in [6, 6.07) is 7.53. The van der Waals surface area contributed by atoms with Crippen molar-refractivity contribution in [3.05, 3.63) is 70.7 Å². The minimum absolute atomic E-state index is 0.101. The Hall–Kier alpha value is -3.61. The fraction of sp³-hybridized carbons (Fsp3) is 0.292. The zero-order valence-corrected chi connectivity index (χ0v) is 18.2. The molecule has 0 radical (unpaired) electrons. The number of hydrogen-bond donors (Lipinski definition) is 3. The summed E-state index contributed by atoms with van der Waals surface area (Å²) in [4.78, 5) is 20.7. The summed E-state index contributed by atoms with van der Waals surface area (Å²) in [6.07, 6.45) is 8.94. The van der Waals surface area contributed by atoms with Crippen LogP contribution in [0, 0.1) is 0 Å². The highest BCUT2D eigenvalue weighted by Gasteiger charge is 2.22. The Morgan fingerprint density at radius 3 is 3.00 bits per heavy atom. The average molecular weight is 420 g/mol. The van der Waals surface area contributed by atoms with Crippen molar-refractivity contribution in [3.63, 3.8) is 0 Å². The van der Waals surface area contributed by atoms with Crippen molar-refractivity contribution in [1.82, 2.24) is 10.3 Å². The monoisotopic (exact) mass is 419 g/mol. The van der Waals surface area contributed by atoms with Crippen LogP contribution in [0.1, 0.15) is 47.3 Å². The Morgan fingerprint density at radius 1 is 1.39 bits per heavy atom. The first kappa shape index (κ1) is 22.1. The molecule has 4 N–H and O–H groups in total. The van der Waals surface area contributed by atoms with Crippen LogP contribution in [-0.4, -0.2) is 30.8 Å². The summed E-state index contributed by atoms with van der Waals surface area (Å²) >= 11 is 0.